The zero-order valence-corrected chi connectivity index (χ0v) is 15.6. The summed E-state index contributed by atoms with van der Waals surface area (Å²) >= 11 is 0. The molecule has 1 aromatic carbocycles. The number of nitrogens with zero attached hydrogens (tertiary/aromatic N) is 2. The van der Waals surface area contributed by atoms with Gasteiger partial charge in [-0.1, -0.05) is 5.16 Å². The molecule has 2 atom stereocenters. The molecule has 1 aromatic heterocycles. The van der Waals surface area contributed by atoms with Gasteiger partial charge in [-0.2, -0.15) is 4.98 Å². The van der Waals surface area contributed by atoms with Crippen molar-refractivity contribution in [3.05, 3.63) is 35.5 Å². The Kier molecular flexibility index (Phi) is 4.18. The van der Waals surface area contributed by atoms with Crippen LogP contribution in [0.5, 0.6) is 5.75 Å². The fraction of sp³-hybridized carbons (Fsp3) is 0.556. The van der Waals surface area contributed by atoms with Crippen LogP contribution in [0.2, 0.25) is 0 Å². The Bertz CT molecular complexity index is 954. The van der Waals surface area contributed by atoms with Crippen molar-refractivity contribution < 1.29 is 22.4 Å². The van der Waals surface area contributed by atoms with E-state index in [1.54, 1.807) is 18.2 Å². The van der Waals surface area contributed by atoms with Crippen LogP contribution in [0.3, 0.4) is 0 Å². The Morgan fingerprint density at radius 2 is 2.07 bits per heavy atom. The Morgan fingerprint density at radius 1 is 1.19 bits per heavy atom. The molecule has 0 radical (unpaired) electrons. The van der Waals surface area contributed by atoms with Crippen molar-refractivity contribution in [3.8, 4) is 5.75 Å². The Balaban J connectivity index is 1.20. The van der Waals surface area contributed by atoms with E-state index in [1.165, 1.54) is 0 Å². The van der Waals surface area contributed by atoms with Gasteiger partial charge in [-0.3, -0.25) is 0 Å². The van der Waals surface area contributed by atoms with Gasteiger partial charge in [-0.25, -0.2) is 13.1 Å². The van der Waals surface area contributed by atoms with Crippen LogP contribution in [-0.4, -0.2) is 37.8 Å². The summed E-state index contributed by atoms with van der Waals surface area (Å²) in [6.45, 7) is 0.817. The first-order valence-electron chi connectivity index (χ1n) is 9.33. The standard InChI is InChI=1S/C18H21N3O5S/c22-27(23,14-4-6-15-12(9-14)7-8-24-15)19-10-13-3-5-16(25-13)18-20-17(21-26-18)11-1-2-11/h4,6,9,11,13,16,19H,1-3,5,7-8,10H2/t13-,16+/m1/s1. The molecule has 9 heteroatoms. The highest BCUT2D eigenvalue weighted by atomic mass is 32.2. The summed E-state index contributed by atoms with van der Waals surface area (Å²) in [7, 11) is -3.59. The maximum absolute atomic E-state index is 12.6. The number of nitrogens with one attached hydrogen (secondary N) is 1. The highest BCUT2D eigenvalue weighted by molar-refractivity contribution is 7.89. The number of hydrogen-bond acceptors (Lipinski definition) is 7. The normalized spacial score (nSPS) is 24.7. The van der Waals surface area contributed by atoms with Crippen LogP contribution in [0.25, 0.3) is 0 Å². The van der Waals surface area contributed by atoms with E-state index >= 15 is 0 Å². The number of rotatable bonds is 6. The summed E-state index contributed by atoms with van der Waals surface area (Å²) in [4.78, 5) is 4.68. The van der Waals surface area contributed by atoms with E-state index in [9.17, 15) is 8.42 Å². The second-order valence-corrected chi connectivity index (χ2v) is 9.08. The lowest BCUT2D eigenvalue weighted by molar-refractivity contribution is 0.0290. The van der Waals surface area contributed by atoms with Crippen molar-refractivity contribution in [1.82, 2.24) is 14.9 Å². The largest absolute Gasteiger partial charge is 0.493 e. The second-order valence-electron chi connectivity index (χ2n) is 7.31. The van der Waals surface area contributed by atoms with Crippen LogP contribution >= 0.6 is 0 Å². The third-order valence-electron chi connectivity index (χ3n) is 5.26. The molecule has 0 amide bonds. The van der Waals surface area contributed by atoms with Gasteiger partial charge in [0.2, 0.25) is 10.0 Å². The van der Waals surface area contributed by atoms with Gasteiger partial charge >= 0.3 is 0 Å². The van der Waals surface area contributed by atoms with Crippen molar-refractivity contribution in [1.29, 1.82) is 0 Å². The number of ether oxygens (including phenoxy) is 2. The van der Waals surface area contributed by atoms with Crippen molar-refractivity contribution in [2.24, 2.45) is 0 Å². The van der Waals surface area contributed by atoms with E-state index < -0.39 is 10.0 Å². The van der Waals surface area contributed by atoms with Crippen LogP contribution in [0.4, 0.5) is 0 Å². The summed E-state index contributed by atoms with van der Waals surface area (Å²) in [5, 5.41) is 4.01. The second kappa shape index (κ2) is 6.57. The van der Waals surface area contributed by atoms with Gasteiger partial charge in [0.05, 0.1) is 17.6 Å². The Hall–Kier alpha value is -1.97. The van der Waals surface area contributed by atoms with E-state index in [-0.39, 0.29) is 23.6 Å². The van der Waals surface area contributed by atoms with Crippen molar-refractivity contribution in [2.45, 2.75) is 55.1 Å². The number of benzene rings is 1. The summed E-state index contributed by atoms with van der Waals surface area (Å²) in [6, 6.07) is 4.97. The smallest absolute Gasteiger partial charge is 0.255 e. The Morgan fingerprint density at radius 3 is 2.93 bits per heavy atom. The average molecular weight is 391 g/mol. The van der Waals surface area contributed by atoms with Gasteiger partial charge < -0.3 is 14.0 Å². The highest BCUT2D eigenvalue weighted by Gasteiger charge is 2.34. The first-order chi connectivity index (χ1) is 13.1. The van der Waals surface area contributed by atoms with E-state index in [4.69, 9.17) is 14.0 Å². The molecule has 2 aliphatic heterocycles. The molecule has 8 nitrogen and oxygen atoms in total. The molecule has 2 aromatic rings. The fourth-order valence-corrected chi connectivity index (χ4v) is 4.66. The van der Waals surface area contributed by atoms with E-state index in [0.717, 1.165) is 49.2 Å². The first-order valence-corrected chi connectivity index (χ1v) is 10.8. The van der Waals surface area contributed by atoms with Crippen molar-refractivity contribution in [2.75, 3.05) is 13.2 Å². The molecule has 144 valence electrons. The van der Waals surface area contributed by atoms with E-state index in [1.807, 2.05) is 0 Å². The summed E-state index contributed by atoms with van der Waals surface area (Å²) in [6.07, 6.45) is 3.99. The maximum atomic E-state index is 12.6. The van der Waals surface area contributed by atoms with Crippen LogP contribution in [-0.2, 0) is 21.2 Å². The lowest BCUT2D eigenvalue weighted by Gasteiger charge is -2.13. The highest BCUT2D eigenvalue weighted by Crippen LogP contribution is 2.39. The molecule has 0 unspecified atom stereocenters. The van der Waals surface area contributed by atoms with Crippen LogP contribution in [0.1, 0.15) is 55.0 Å². The zero-order chi connectivity index (χ0) is 18.4. The van der Waals surface area contributed by atoms with Crippen LogP contribution < -0.4 is 9.46 Å². The molecule has 1 saturated carbocycles. The van der Waals surface area contributed by atoms with Gasteiger partial charge in [0.1, 0.15) is 11.9 Å². The number of fused-ring (bicyclic) bond motifs is 1. The number of sulfonamides is 1. The molecule has 1 saturated heterocycles. The minimum absolute atomic E-state index is 0.209. The maximum Gasteiger partial charge on any atom is 0.255 e. The van der Waals surface area contributed by atoms with Gasteiger partial charge in [-0.15, -0.1) is 0 Å². The van der Waals surface area contributed by atoms with Crippen molar-refractivity contribution >= 4 is 10.0 Å². The SMILES string of the molecule is O=S(=O)(NC[C@H]1CC[C@@H](c2nc(C3CC3)no2)O1)c1ccc2c(c1)CCO2. The minimum atomic E-state index is -3.59. The molecule has 27 heavy (non-hydrogen) atoms. The van der Waals surface area contributed by atoms with Gasteiger partial charge in [0.15, 0.2) is 5.82 Å². The third-order valence-corrected chi connectivity index (χ3v) is 6.68. The molecule has 0 spiro atoms. The first kappa shape index (κ1) is 17.2. The fourth-order valence-electron chi connectivity index (χ4n) is 3.54. The number of aromatic nitrogens is 2. The third kappa shape index (κ3) is 3.46. The molecular formula is C18H21N3O5S. The van der Waals surface area contributed by atoms with Gasteiger partial charge in [0.25, 0.3) is 5.89 Å². The topological polar surface area (TPSA) is 104 Å². The zero-order valence-electron chi connectivity index (χ0n) is 14.8. The lowest BCUT2D eigenvalue weighted by Crippen LogP contribution is -2.32. The van der Waals surface area contributed by atoms with E-state index in [0.29, 0.717) is 18.4 Å². The quantitative estimate of drug-likeness (QED) is 0.804. The van der Waals surface area contributed by atoms with Gasteiger partial charge in [-0.05, 0) is 49.4 Å². The predicted octanol–water partition coefficient (Wildman–Crippen LogP) is 2.08. The van der Waals surface area contributed by atoms with Crippen molar-refractivity contribution in [3.63, 3.8) is 0 Å². The molecule has 1 aliphatic carbocycles. The molecule has 1 N–H and O–H groups in total. The number of hydrogen-bond donors (Lipinski definition) is 1. The lowest BCUT2D eigenvalue weighted by atomic mass is 10.2. The molecular weight excluding hydrogens is 370 g/mol. The predicted molar refractivity (Wildman–Crippen MR) is 94.0 cm³/mol. The van der Waals surface area contributed by atoms with Gasteiger partial charge in [0, 0.05) is 18.9 Å². The van der Waals surface area contributed by atoms with Crippen LogP contribution in [0, 0.1) is 0 Å². The Labute approximate surface area is 157 Å². The van der Waals surface area contributed by atoms with Crippen LogP contribution in [0.15, 0.2) is 27.6 Å². The molecule has 3 heterocycles. The van der Waals surface area contributed by atoms with E-state index in [2.05, 4.69) is 14.9 Å². The molecule has 3 aliphatic rings. The molecule has 2 fully saturated rings. The summed E-state index contributed by atoms with van der Waals surface area (Å²) in [5.74, 6) is 2.46. The molecule has 5 rings (SSSR count). The summed E-state index contributed by atoms with van der Waals surface area (Å²) < 4.78 is 44.5. The minimum Gasteiger partial charge on any atom is -0.493 e. The molecule has 0 bridgehead atoms. The summed E-state index contributed by atoms with van der Waals surface area (Å²) in [5.41, 5.74) is 0.929. The monoisotopic (exact) mass is 391 g/mol. The average Bonchev–Trinajstić information content (AvgIpc) is 3.08.